The molecule has 27 heavy (non-hydrogen) atoms. The van der Waals surface area contributed by atoms with Crippen LogP contribution in [0.2, 0.25) is 0 Å². The fourth-order valence-electron chi connectivity index (χ4n) is 2.87. The maximum Gasteiger partial charge on any atom is 0.276 e. The van der Waals surface area contributed by atoms with E-state index in [0.29, 0.717) is 5.69 Å². The Balaban J connectivity index is 1.63. The topological polar surface area (TPSA) is 81.3 Å². The van der Waals surface area contributed by atoms with Crippen molar-refractivity contribution in [1.82, 2.24) is 19.2 Å². The standard InChI is InChI=1S/C20H17N5O2/c1-13-5-4-10-25-12-17(22-19(13)25)14-6-3-7-15(11-14)21-20(27)16-8-9-18(26)24(2)23-16/h3-12H,1-2H3,(H,21,27). The molecule has 7 nitrogen and oxygen atoms in total. The molecule has 134 valence electrons. The number of pyridine rings is 1. The highest BCUT2D eigenvalue weighted by Crippen LogP contribution is 2.23. The molecule has 3 aromatic heterocycles. The van der Waals surface area contributed by atoms with Crippen LogP contribution >= 0.6 is 0 Å². The first-order valence-corrected chi connectivity index (χ1v) is 8.42. The third kappa shape index (κ3) is 3.22. The highest BCUT2D eigenvalue weighted by atomic mass is 16.2. The number of nitrogens with one attached hydrogen (secondary N) is 1. The van der Waals surface area contributed by atoms with Crippen molar-refractivity contribution in [3.8, 4) is 11.3 Å². The first-order valence-electron chi connectivity index (χ1n) is 8.42. The molecule has 7 heteroatoms. The summed E-state index contributed by atoms with van der Waals surface area (Å²) in [6, 6.07) is 14.2. The molecule has 3 heterocycles. The van der Waals surface area contributed by atoms with Gasteiger partial charge in [-0.2, -0.15) is 5.10 Å². The second kappa shape index (κ2) is 6.53. The second-order valence-electron chi connectivity index (χ2n) is 6.26. The summed E-state index contributed by atoms with van der Waals surface area (Å²) in [6.45, 7) is 2.02. The monoisotopic (exact) mass is 359 g/mol. The number of rotatable bonds is 3. The molecule has 0 unspecified atom stereocenters. The van der Waals surface area contributed by atoms with E-state index in [1.807, 2.05) is 54.0 Å². The molecule has 0 aliphatic carbocycles. The fourth-order valence-corrected chi connectivity index (χ4v) is 2.87. The van der Waals surface area contributed by atoms with Crippen molar-refractivity contribution >= 4 is 17.2 Å². The van der Waals surface area contributed by atoms with E-state index in [2.05, 4.69) is 15.4 Å². The van der Waals surface area contributed by atoms with Gasteiger partial charge in [-0.15, -0.1) is 0 Å². The molecule has 4 rings (SSSR count). The van der Waals surface area contributed by atoms with Crippen LogP contribution in [0.15, 0.2) is 65.7 Å². The van der Waals surface area contributed by atoms with Gasteiger partial charge < -0.3 is 9.72 Å². The normalized spacial score (nSPS) is 10.9. The summed E-state index contributed by atoms with van der Waals surface area (Å²) in [5.41, 5.74) is 4.23. The number of carbonyl (C=O) groups is 1. The van der Waals surface area contributed by atoms with Gasteiger partial charge in [0.1, 0.15) is 11.3 Å². The number of hydrogen-bond acceptors (Lipinski definition) is 4. The summed E-state index contributed by atoms with van der Waals surface area (Å²) < 4.78 is 3.11. The van der Waals surface area contributed by atoms with Crippen molar-refractivity contribution in [3.05, 3.63) is 82.5 Å². The minimum absolute atomic E-state index is 0.172. The maximum absolute atomic E-state index is 12.4. The Bertz CT molecular complexity index is 1220. The molecular formula is C20H17N5O2. The number of carbonyl (C=O) groups excluding carboxylic acids is 1. The SMILES string of the molecule is Cc1cccn2cc(-c3cccc(NC(=O)c4ccc(=O)n(C)n4)c3)nc12. The largest absolute Gasteiger partial charge is 0.321 e. The van der Waals surface area contributed by atoms with Crippen molar-refractivity contribution in [2.75, 3.05) is 5.32 Å². The van der Waals surface area contributed by atoms with Crippen LogP contribution in [-0.2, 0) is 7.05 Å². The lowest BCUT2D eigenvalue weighted by Crippen LogP contribution is -2.23. The van der Waals surface area contributed by atoms with Gasteiger partial charge in [-0.25, -0.2) is 9.67 Å². The summed E-state index contributed by atoms with van der Waals surface area (Å²) in [6.07, 6.45) is 3.91. The summed E-state index contributed by atoms with van der Waals surface area (Å²) in [5, 5.41) is 6.77. The Hall–Kier alpha value is -3.74. The number of nitrogens with zero attached hydrogens (tertiary/aromatic N) is 4. The van der Waals surface area contributed by atoms with E-state index in [1.165, 1.54) is 19.2 Å². The molecule has 0 atom stereocenters. The molecular weight excluding hydrogens is 342 g/mol. The zero-order chi connectivity index (χ0) is 19.0. The summed E-state index contributed by atoms with van der Waals surface area (Å²) in [7, 11) is 1.51. The Morgan fingerprint density at radius 2 is 1.96 bits per heavy atom. The number of benzene rings is 1. The van der Waals surface area contributed by atoms with Gasteiger partial charge in [0.2, 0.25) is 0 Å². The predicted molar refractivity (Wildman–Crippen MR) is 103 cm³/mol. The van der Waals surface area contributed by atoms with Crippen molar-refractivity contribution in [2.45, 2.75) is 6.92 Å². The van der Waals surface area contributed by atoms with Gasteiger partial charge in [0.25, 0.3) is 11.5 Å². The average molecular weight is 359 g/mol. The highest BCUT2D eigenvalue weighted by molar-refractivity contribution is 6.03. The van der Waals surface area contributed by atoms with E-state index in [9.17, 15) is 9.59 Å². The van der Waals surface area contributed by atoms with Crippen LogP contribution in [0, 0.1) is 6.92 Å². The zero-order valence-electron chi connectivity index (χ0n) is 14.9. The number of aromatic nitrogens is 4. The fraction of sp³-hybridized carbons (Fsp3) is 0.100. The van der Waals surface area contributed by atoms with Gasteiger partial charge in [0.15, 0.2) is 0 Å². The molecule has 0 saturated carbocycles. The number of amides is 1. The average Bonchev–Trinajstić information content (AvgIpc) is 3.10. The van der Waals surface area contributed by atoms with Crippen molar-refractivity contribution in [2.24, 2.45) is 7.05 Å². The molecule has 0 aliphatic rings. The van der Waals surface area contributed by atoms with Gasteiger partial charge in [0.05, 0.1) is 5.69 Å². The van der Waals surface area contributed by atoms with Crippen molar-refractivity contribution in [1.29, 1.82) is 0 Å². The molecule has 0 spiro atoms. The molecule has 0 saturated heterocycles. The van der Waals surface area contributed by atoms with E-state index in [1.54, 1.807) is 6.07 Å². The first-order chi connectivity index (χ1) is 13.0. The van der Waals surface area contributed by atoms with E-state index < -0.39 is 0 Å². The molecule has 4 aromatic rings. The lowest BCUT2D eigenvalue weighted by Gasteiger charge is -2.06. The van der Waals surface area contributed by atoms with E-state index in [4.69, 9.17) is 0 Å². The summed E-state index contributed by atoms with van der Waals surface area (Å²) in [4.78, 5) is 28.5. The number of imidazole rings is 1. The number of aryl methyl sites for hydroxylation is 2. The molecule has 0 fully saturated rings. The number of hydrogen-bond donors (Lipinski definition) is 1. The molecule has 0 aliphatic heterocycles. The van der Waals surface area contributed by atoms with Gasteiger partial charge >= 0.3 is 0 Å². The summed E-state index contributed by atoms with van der Waals surface area (Å²) in [5.74, 6) is -0.381. The smallest absolute Gasteiger partial charge is 0.276 e. The van der Waals surface area contributed by atoms with Crippen LogP contribution in [0.1, 0.15) is 16.1 Å². The lowest BCUT2D eigenvalue weighted by atomic mass is 10.1. The minimum atomic E-state index is -0.381. The van der Waals surface area contributed by atoms with E-state index >= 15 is 0 Å². The number of fused-ring (bicyclic) bond motifs is 1. The lowest BCUT2D eigenvalue weighted by molar-refractivity contribution is 0.102. The highest BCUT2D eigenvalue weighted by Gasteiger charge is 2.11. The second-order valence-corrected chi connectivity index (χ2v) is 6.26. The van der Waals surface area contributed by atoms with Crippen LogP contribution < -0.4 is 10.9 Å². The van der Waals surface area contributed by atoms with Gasteiger partial charge in [-0.05, 0) is 36.8 Å². The zero-order valence-corrected chi connectivity index (χ0v) is 14.9. The molecule has 1 N–H and O–H groups in total. The van der Waals surface area contributed by atoms with Gasteiger partial charge in [-0.3, -0.25) is 9.59 Å². The molecule has 0 radical (unpaired) electrons. The molecule has 1 aromatic carbocycles. The first kappa shape index (κ1) is 16.7. The van der Waals surface area contributed by atoms with Crippen LogP contribution in [0.25, 0.3) is 16.9 Å². The predicted octanol–water partition coefficient (Wildman–Crippen LogP) is 2.66. The van der Waals surface area contributed by atoms with E-state index in [0.717, 1.165) is 27.1 Å². The number of anilines is 1. The summed E-state index contributed by atoms with van der Waals surface area (Å²) >= 11 is 0. The minimum Gasteiger partial charge on any atom is -0.321 e. The van der Waals surface area contributed by atoms with Crippen LogP contribution in [-0.4, -0.2) is 25.1 Å². The van der Waals surface area contributed by atoms with Crippen molar-refractivity contribution < 1.29 is 4.79 Å². The van der Waals surface area contributed by atoms with E-state index in [-0.39, 0.29) is 17.2 Å². The Labute approximate surface area is 154 Å². The Morgan fingerprint density at radius 1 is 1.11 bits per heavy atom. The molecule has 0 bridgehead atoms. The van der Waals surface area contributed by atoms with Crippen LogP contribution in [0.3, 0.4) is 0 Å². The quantitative estimate of drug-likeness (QED) is 0.610. The Kier molecular flexibility index (Phi) is 4.04. The van der Waals surface area contributed by atoms with Crippen molar-refractivity contribution in [3.63, 3.8) is 0 Å². The molecule has 1 amide bonds. The third-order valence-corrected chi connectivity index (χ3v) is 4.29. The third-order valence-electron chi connectivity index (χ3n) is 4.29. The Morgan fingerprint density at radius 3 is 2.74 bits per heavy atom. The maximum atomic E-state index is 12.4. The van der Waals surface area contributed by atoms with Gasteiger partial charge in [-0.1, -0.05) is 18.2 Å². The van der Waals surface area contributed by atoms with Gasteiger partial charge in [0, 0.05) is 36.8 Å². The van der Waals surface area contributed by atoms with Crippen LogP contribution in [0.5, 0.6) is 0 Å². The van der Waals surface area contributed by atoms with Crippen LogP contribution in [0.4, 0.5) is 5.69 Å².